The molecule has 1 amide bonds. The van der Waals surface area contributed by atoms with Gasteiger partial charge in [0.05, 0.1) is 6.10 Å². The molecule has 2 unspecified atom stereocenters. The predicted octanol–water partition coefficient (Wildman–Crippen LogP) is 0.710. The van der Waals surface area contributed by atoms with Gasteiger partial charge in [0.1, 0.15) is 0 Å². The lowest BCUT2D eigenvalue weighted by atomic mass is 10.0. The number of carbonyl (C=O) groups is 1. The molecular formula is C14H17N5O2. The van der Waals surface area contributed by atoms with Crippen LogP contribution < -0.4 is 0 Å². The smallest absolute Gasteiger partial charge is 0.253 e. The Morgan fingerprint density at radius 3 is 2.76 bits per heavy atom. The SMILES string of the molecule is CC(O)C1CCN(C(=O)c2ccc(-c3nn[nH]n3)cc2)C1. The van der Waals surface area contributed by atoms with E-state index >= 15 is 0 Å². The van der Waals surface area contributed by atoms with Crippen LogP contribution in [0.1, 0.15) is 23.7 Å². The molecule has 0 aliphatic carbocycles. The molecule has 1 aliphatic rings. The van der Waals surface area contributed by atoms with Crippen molar-refractivity contribution in [2.24, 2.45) is 5.92 Å². The molecular weight excluding hydrogens is 270 g/mol. The fraction of sp³-hybridized carbons (Fsp3) is 0.429. The minimum Gasteiger partial charge on any atom is -0.393 e. The largest absolute Gasteiger partial charge is 0.393 e. The van der Waals surface area contributed by atoms with Gasteiger partial charge in [-0.2, -0.15) is 5.21 Å². The standard InChI is InChI=1S/C14H17N5O2/c1-9(20)12-6-7-19(8-12)14(21)11-4-2-10(3-5-11)13-15-17-18-16-13/h2-5,9,12,20H,6-8H2,1H3,(H,15,16,17,18). The van der Waals surface area contributed by atoms with Crippen LogP contribution in [0.5, 0.6) is 0 Å². The van der Waals surface area contributed by atoms with E-state index in [0.717, 1.165) is 12.0 Å². The molecule has 7 heteroatoms. The summed E-state index contributed by atoms with van der Waals surface area (Å²) < 4.78 is 0. The topological polar surface area (TPSA) is 95.0 Å². The maximum absolute atomic E-state index is 12.4. The van der Waals surface area contributed by atoms with E-state index in [1.807, 2.05) is 0 Å². The number of likely N-dealkylation sites (tertiary alicyclic amines) is 1. The van der Waals surface area contributed by atoms with Gasteiger partial charge in [0.25, 0.3) is 5.91 Å². The highest BCUT2D eigenvalue weighted by molar-refractivity contribution is 5.94. The summed E-state index contributed by atoms with van der Waals surface area (Å²) in [5, 5.41) is 23.3. The van der Waals surface area contributed by atoms with E-state index in [9.17, 15) is 9.90 Å². The molecule has 7 nitrogen and oxygen atoms in total. The normalized spacial score (nSPS) is 19.7. The Labute approximate surface area is 122 Å². The first-order chi connectivity index (χ1) is 10.1. The van der Waals surface area contributed by atoms with Crippen molar-refractivity contribution in [1.82, 2.24) is 25.5 Å². The summed E-state index contributed by atoms with van der Waals surface area (Å²) in [4.78, 5) is 14.2. The zero-order valence-corrected chi connectivity index (χ0v) is 11.7. The number of tetrazole rings is 1. The number of amides is 1. The predicted molar refractivity (Wildman–Crippen MR) is 75.3 cm³/mol. The average molecular weight is 287 g/mol. The number of nitrogens with zero attached hydrogens (tertiary/aromatic N) is 4. The average Bonchev–Trinajstić information content (AvgIpc) is 3.18. The molecule has 110 valence electrons. The van der Waals surface area contributed by atoms with Crippen LogP contribution in [0.3, 0.4) is 0 Å². The van der Waals surface area contributed by atoms with E-state index in [-0.39, 0.29) is 17.9 Å². The van der Waals surface area contributed by atoms with Crippen molar-refractivity contribution in [2.45, 2.75) is 19.4 Å². The molecule has 3 rings (SSSR count). The molecule has 1 aliphatic heterocycles. The van der Waals surface area contributed by atoms with E-state index in [2.05, 4.69) is 20.6 Å². The molecule has 21 heavy (non-hydrogen) atoms. The van der Waals surface area contributed by atoms with Gasteiger partial charge in [-0.25, -0.2) is 0 Å². The summed E-state index contributed by atoms with van der Waals surface area (Å²) >= 11 is 0. The molecule has 0 spiro atoms. The summed E-state index contributed by atoms with van der Waals surface area (Å²) in [6.45, 7) is 3.09. The van der Waals surface area contributed by atoms with Crippen molar-refractivity contribution in [1.29, 1.82) is 0 Å². The number of carbonyl (C=O) groups excluding carboxylic acids is 1. The molecule has 1 aromatic carbocycles. The monoisotopic (exact) mass is 287 g/mol. The number of aliphatic hydroxyl groups is 1. The van der Waals surface area contributed by atoms with Crippen molar-refractivity contribution in [3.05, 3.63) is 29.8 Å². The Hall–Kier alpha value is -2.28. The van der Waals surface area contributed by atoms with Crippen LogP contribution in [-0.2, 0) is 0 Å². The molecule has 0 bridgehead atoms. The van der Waals surface area contributed by atoms with Crippen molar-refractivity contribution >= 4 is 5.91 Å². The molecule has 1 aromatic heterocycles. The number of rotatable bonds is 3. The molecule has 0 saturated carbocycles. The Morgan fingerprint density at radius 1 is 1.43 bits per heavy atom. The second kappa shape index (κ2) is 5.61. The second-order valence-corrected chi connectivity index (χ2v) is 5.35. The fourth-order valence-corrected chi connectivity index (χ4v) is 2.59. The van der Waals surface area contributed by atoms with Crippen LogP contribution in [0.25, 0.3) is 11.4 Å². The number of hydrogen-bond acceptors (Lipinski definition) is 5. The summed E-state index contributed by atoms with van der Waals surface area (Å²) in [6, 6.07) is 7.15. The van der Waals surface area contributed by atoms with Gasteiger partial charge in [-0.3, -0.25) is 4.79 Å². The fourth-order valence-electron chi connectivity index (χ4n) is 2.59. The van der Waals surface area contributed by atoms with Crippen molar-refractivity contribution in [3.63, 3.8) is 0 Å². The number of aromatic amines is 1. The van der Waals surface area contributed by atoms with E-state index in [1.54, 1.807) is 36.1 Å². The van der Waals surface area contributed by atoms with Gasteiger partial charge in [0.2, 0.25) is 5.82 Å². The van der Waals surface area contributed by atoms with Gasteiger partial charge in [-0.05, 0) is 30.7 Å². The summed E-state index contributed by atoms with van der Waals surface area (Å²) in [5.74, 6) is 0.676. The van der Waals surface area contributed by atoms with Gasteiger partial charge in [0.15, 0.2) is 0 Å². The van der Waals surface area contributed by atoms with Crippen LogP contribution in [0.2, 0.25) is 0 Å². The number of H-pyrrole nitrogens is 1. The Bertz CT molecular complexity index is 609. The van der Waals surface area contributed by atoms with Crippen molar-refractivity contribution < 1.29 is 9.90 Å². The van der Waals surface area contributed by atoms with E-state index in [1.165, 1.54) is 0 Å². The van der Waals surface area contributed by atoms with Crippen LogP contribution in [0.15, 0.2) is 24.3 Å². The number of benzene rings is 1. The van der Waals surface area contributed by atoms with E-state index in [4.69, 9.17) is 0 Å². The minimum absolute atomic E-state index is 0.00203. The molecule has 2 atom stereocenters. The zero-order valence-electron chi connectivity index (χ0n) is 11.7. The van der Waals surface area contributed by atoms with E-state index in [0.29, 0.717) is 24.5 Å². The second-order valence-electron chi connectivity index (χ2n) is 5.35. The van der Waals surface area contributed by atoms with Gasteiger partial charge in [-0.15, -0.1) is 10.2 Å². The van der Waals surface area contributed by atoms with Crippen LogP contribution >= 0.6 is 0 Å². The lowest BCUT2D eigenvalue weighted by Crippen LogP contribution is -2.30. The lowest BCUT2D eigenvalue weighted by Gasteiger charge is -2.17. The molecule has 2 aromatic rings. The molecule has 2 heterocycles. The first kappa shape index (κ1) is 13.7. The third-order valence-corrected chi connectivity index (χ3v) is 3.93. The molecule has 1 fully saturated rings. The van der Waals surface area contributed by atoms with Crippen molar-refractivity contribution in [2.75, 3.05) is 13.1 Å². The van der Waals surface area contributed by atoms with Crippen LogP contribution in [0, 0.1) is 5.92 Å². The Morgan fingerprint density at radius 2 is 2.19 bits per heavy atom. The summed E-state index contributed by atoms with van der Waals surface area (Å²) in [5.41, 5.74) is 1.44. The Balaban J connectivity index is 1.71. The number of nitrogens with one attached hydrogen (secondary N) is 1. The van der Waals surface area contributed by atoms with Gasteiger partial charge in [0, 0.05) is 30.1 Å². The number of hydrogen-bond donors (Lipinski definition) is 2. The maximum Gasteiger partial charge on any atom is 0.253 e. The quantitative estimate of drug-likeness (QED) is 0.867. The van der Waals surface area contributed by atoms with Gasteiger partial charge >= 0.3 is 0 Å². The van der Waals surface area contributed by atoms with Gasteiger partial charge < -0.3 is 10.0 Å². The van der Waals surface area contributed by atoms with Crippen LogP contribution in [0.4, 0.5) is 0 Å². The van der Waals surface area contributed by atoms with Crippen LogP contribution in [-0.4, -0.2) is 55.7 Å². The summed E-state index contributed by atoms with van der Waals surface area (Å²) in [7, 11) is 0. The molecule has 2 N–H and O–H groups in total. The maximum atomic E-state index is 12.4. The Kier molecular flexibility index (Phi) is 3.66. The lowest BCUT2D eigenvalue weighted by molar-refractivity contribution is 0.0762. The zero-order chi connectivity index (χ0) is 14.8. The first-order valence-electron chi connectivity index (χ1n) is 6.96. The number of aliphatic hydroxyl groups excluding tert-OH is 1. The van der Waals surface area contributed by atoms with E-state index < -0.39 is 0 Å². The third kappa shape index (κ3) is 2.78. The van der Waals surface area contributed by atoms with Gasteiger partial charge in [-0.1, -0.05) is 12.1 Å². The minimum atomic E-state index is -0.372. The highest BCUT2D eigenvalue weighted by Gasteiger charge is 2.29. The number of aromatic nitrogens is 4. The highest BCUT2D eigenvalue weighted by atomic mass is 16.3. The van der Waals surface area contributed by atoms with Crippen molar-refractivity contribution in [3.8, 4) is 11.4 Å². The molecule has 0 radical (unpaired) electrons. The first-order valence-corrected chi connectivity index (χ1v) is 6.96. The third-order valence-electron chi connectivity index (χ3n) is 3.93. The summed E-state index contributed by atoms with van der Waals surface area (Å²) in [6.07, 6.45) is 0.480. The molecule has 1 saturated heterocycles. The highest BCUT2D eigenvalue weighted by Crippen LogP contribution is 2.22.